The van der Waals surface area contributed by atoms with Gasteiger partial charge in [0.15, 0.2) is 0 Å². The van der Waals surface area contributed by atoms with E-state index in [4.69, 9.17) is 11.6 Å². The summed E-state index contributed by atoms with van der Waals surface area (Å²) in [4.78, 5) is 4.06. The molecule has 1 aromatic carbocycles. The third-order valence-corrected chi connectivity index (χ3v) is 3.08. The molecule has 0 fully saturated rings. The molecule has 0 saturated carbocycles. The Hall–Kier alpha value is -1.43. The predicted octanol–water partition coefficient (Wildman–Crippen LogP) is 1.98. The number of benzene rings is 1. The molecule has 0 aliphatic heterocycles. The molecule has 5 heteroatoms. The van der Waals surface area contributed by atoms with E-state index in [-0.39, 0.29) is 6.04 Å². The van der Waals surface area contributed by atoms with Crippen molar-refractivity contribution in [3.63, 3.8) is 0 Å². The molecule has 1 aromatic heterocycles. The minimum absolute atomic E-state index is 0.156. The highest BCUT2D eigenvalue weighted by atomic mass is 79.9. The third-order valence-electron chi connectivity index (χ3n) is 2.55. The summed E-state index contributed by atoms with van der Waals surface area (Å²) in [5.74, 6) is 6.08. The van der Waals surface area contributed by atoms with Crippen LogP contribution >= 0.6 is 15.9 Å². The Bertz CT molecular complexity index is 498. The highest BCUT2D eigenvalue weighted by molar-refractivity contribution is 9.10. The minimum atomic E-state index is -0.156. The number of nitrogen functional groups attached to an aromatic ring is 1. The van der Waals surface area contributed by atoms with Gasteiger partial charge in [-0.15, -0.1) is 0 Å². The summed E-state index contributed by atoms with van der Waals surface area (Å²) in [6.45, 7) is 0. The Kier molecular flexibility index (Phi) is 3.73. The number of nitrogens with two attached hydrogens (primary N) is 2. The van der Waals surface area contributed by atoms with Gasteiger partial charge >= 0.3 is 0 Å². The van der Waals surface area contributed by atoms with Gasteiger partial charge in [0.05, 0.1) is 6.04 Å². The molecule has 4 nitrogen and oxygen atoms in total. The fraction of sp³-hybridized carbons (Fsp3) is 0.0833. The van der Waals surface area contributed by atoms with E-state index in [0.717, 1.165) is 15.6 Å². The van der Waals surface area contributed by atoms with Crippen molar-refractivity contribution in [3.8, 4) is 0 Å². The van der Waals surface area contributed by atoms with Gasteiger partial charge in [0.2, 0.25) is 0 Å². The standard InChI is InChI=1S/C12H13BrN4/c13-9-5-3-8(4-6-9)11(17-15)10-2-1-7-16-12(10)14/h1-7,11,17H,15H2,(H2,14,16). The number of anilines is 1. The van der Waals surface area contributed by atoms with Crippen LogP contribution in [-0.2, 0) is 0 Å². The van der Waals surface area contributed by atoms with Crippen molar-refractivity contribution in [2.24, 2.45) is 5.84 Å². The van der Waals surface area contributed by atoms with E-state index in [1.54, 1.807) is 6.20 Å². The highest BCUT2D eigenvalue weighted by Crippen LogP contribution is 2.25. The van der Waals surface area contributed by atoms with Gasteiger partial charge in [0.1, 0.15) is 5.82 Å². The van der Waals surface area contributed by atoms with E-state index in [1.807, 2.05) is 36.4 Å². The first-order chi connectivity index (χ1) is 8.22. The van der Waals surface area contributed by atoms with Crippen molar-refractivity contribution in [1.29, 1.82) is 0 Å². The maximum Gasteiger partial charge on any atom is 0.128 e. The van der Waals surface area contributed by atoms with Crippen molar-refractivity contribution >= 4 is 21.7 Å². The van der Waals surface area contributed by atoms with E-state index in [1.165, 1.54) is 0 Å². The molecule has 88 valence electrons. The zero-order valence-corrected chi connectivity index (χ0v) is 10.7. The van der Waals surface area contributed by atoms with Crippen LogP contribution in [0.4, 0.5) is 5.82 Å². The van der Waals surface area contributed by atoms with Gasteiger partial charge in [-0.05, 0) is 23.8 Å². The zero-order valence-electron chi connectivity index (χ0n) is 9.10. The number of hydrazine groups is 1. The van der Waals surface area contributed by atoms with Gasteiger partial charge in [0.25, 0.3) is 0 Å². The van der Waals surface area contributed by atoms with Crippen LogP contribution in [0.25, 0.3) is 0 Å². The molecule has 0 amide bonds. The second kappa shape index (κ2) is 5.27. The molecule has 0 bridgehead atoms. The first-order valence-electron chi connectivity index (χ1n) is 5.14. The molecule has 1 heterocycles. The molecule has 2 rings (SSSR count). The topological polar surface area (TPSA) is 77.0 Å². The molecule has 0 saturated heterocycles. The van der Waals surface area contributed by atoms with Gasteiger partial charge in [-0.3, -0.25) is 5.84 Å². The number of nitrogens with one attached hydrogen (secondary N) is 1. The van der Waals surface area contributed by atoms with Crippen molar-refractivity contribution in [3.05, 3.63) is 58.2 Å². The number of halogens is 1. The zero-order chi connectivity index (χ0) is 12.3. The van der Waals surface area contributed by atoms with Crippen molar-refractivity contribution in [2.75, 3.05) is 5.73 Å². The Morgan fingerprint density at radius 3 is 2.47 bits per heavy atom. The molecular formula is C12H13BrN4. The van der Waals surface area contributed by atoms with Gasteiger partial charge in [-0.2, -0.15) is 0 Å². The molecule has 0 radical (unpaired) electrons. The van der Waals surface area contributed by atoms with Crippen LogP contribution in [0.3, 0.4) is 0 Å². The molecule has 2 aromatic rings. The quantitative estimate of drug-likeness (QED) is 0.597. The smallest absolute Gasteiger partial charge is 0.128 e. The van der Waals surface area contributed by atoms with Crippen LogP contribution in [0.15, 0.2) is 47.1 Å². The van der Waals surface area contributed by atoms with E-state index in [0.29, 0.717) is 5.82 Å². The lowest BCUT2D eigenvalue weighted by Gasteiger charge is -2.18. The van der Waals surface area contributed by atoms with Crippen LogP contribution in [-0.4, -0.2) is 4.98 Å². The Morgan fingerprint density at radius 1 is 1.18 bits per heavy atom. The SMILES string of the molecule is NNC(c1ccc(Br)cc1)c1cccnc1N. The molecule has 0 aliphatic rings. The first kappa shape index (κ1) is 12.0. The highest BCUT2D eigenvalue weighted by Gasteiger charge is 2.15. The lowest BCUT2D eigenvalue weighted by molar-refractivity contribution is 0.636. The number of pyridine rings is 1. The number of rotatable bonds is 3. The van der Waals surface area contributed by atoms with Crippen LogP contribution < -0.4 is 17.0 Å². The average Bonchev–Trinajstić information content (AvgIpc) is 2.35. The Balaban J connectivity index is 2.40. The Labute approximate surface area is 108 Å². The van der Waals surface area contributed by atoms with Crippen LogP contribution in [0.5, 0.6) is 0 Å². The maximum atomic E-state index is 5.85. The lowest BCUT2D eigenvalue weighted by Crippen LogP contribution is -2.29. The molecule has 0 aliphatic carbocycles. The Morgan fingerprint density at radius 2 is 1.88 bits per heavy atom. The molecule has 1 atom stereocenters. The molecular weight excluding hydrogens is 280 g/mol. The average molecular weight is 293 g/mol. The number of hydrogen-bond donors (Lipinski definition) is 3. The number of hydrogen-bond acceptors (Lipinski definition) is 4. The predicted molar refractivity (Wildman–Crippen MR) is 72.0 cm³/mol. The van der Waals surface area contributed by atoms with Crippen molar-refractivity contribution < 1.29 is 0 Å². The summed E-state index contributed by atoms with van der Waals surface area (Å²) < 4.78 is 1.02. The van der Waals surface area contributed by atoms with Crippen LogP contribution in [0.1, 0.15) is 17.2 Å². The minimum Gasteiger partial charge on any atom is -0.383 e. The van der Waals surface area contributed by atoms with Gasteiger partial charge in [0, 0.05) is 16.2 Å². The molecule has 0 spiro atoms. The van der Waals surface area contributed by atoms with E-state index in [2.05, 4.69) is 26.3 Å². The van der Waals surface area contributed by atoms with E-state index >= 15 is 0 Å². The maximum absolute atomic E-state index is 5.85. The second-order valence-corrected chi connectivity index (χ2v) is 4.54. The van der Waals surface area contributed by atoms with E-state index in [9.17, 15) is 0 Å². The summed E-state index contributed by atoms with van der Waals surface area (Å²) in [5, 5.41) is 0. The molecule has 5 N–H and O–H groups in total. The molecule has 1 unspecified atom stereocenters. The third kappa shape index (κ3) is 2.63. The number of aromatic nitrogens is 1. The molecule has 17 heavy (non-hydrogen) atoms. The largest absolute Gasteiger partial charge is 0.383 e. The summed E-state index contributed by atoms with van der Waals surface area (Å²) in [6, 6.07) is 11.5. The monoisotopic (exact) mass is 292 g/mol. The van der Waals surface area contributed by atoms with Gasteiger partial charge < -0.3 is 5.73 Å². The summed E-state index contributed by atoms with van der Waals surface area (Å²) in [6.07, 6.45) is 1.66. The van der Waals surface area contributed by atoms with Gasteiger partial charge in [-0.25, -0.2) is 10.4 Å². The fourth-order valence-corrected chi connectivity index (χ4v) is 1.96. The normalized spacial score (nSPS) is 12.4. The summed E-state index contributed by atoms with van der Waals surface area (Å²) in [7, 11) is 0. The second-order valence-electron chi connectivity index (χ2n) is 3.63. The van der Waals surface area contributed by atoms with Gasteiger partial charge in [-0.1, -0.05) is 34.1 Å². The fourth-order valence-electron chi connectivity index (χ4n) is 1.69. The van der Waals surface area contributed by atoms with E-state index < -0.39 is 0 Å². The van der Waals surface area contributed by atoms with Crippen molar-refractivity contribution in [2.45, 2.75) is 6.04 Å². The van der Waals surface area contributed by atoms with Crippen molar-refractivity contribution in [1.82, 2.24) is 10.4 Å². The number of nitrogens with zero attached hydrogens (tertiary/aromatic N) is 1. The van der Waals surface area contributed by atoms with Crippen LogP contribution in [0, 0.1) is 0 Å². The summed E-state index contributed by atoms with van der Waals surface area (Å²) in [5.41, 5.74) is 10.5. The summed E-state index contributed by atoms with van der Waals surface area (Å²) >= 11 is 3.40. The lowest BCUT2D eigenvalue weighted by atomic mass is 10.00. The van der Waals surface area contributed by atoms with Crippen LogP contribution in [0.2, 0.25) is 0 Å². The first-order valence-corrected chi connectivity index (χ1v) is 5.93.